The SMILES string of the molecule is Cc1nc(C(=O)NC2CCC(C(=O)O)C(C)(C)C2C)cs1. The van der Waals surface area contributed by atoms with Crippen LogP contribution in [-0.4, -0.2) is 28.0 Å². The highest BCUT2D eigenvalue weighted by molar-refractivity contribution is 7.09. The number of nitrogens with zero attached hydrogens (tertiary/aromatic N) is 1. The van der Waals surface area contributed by atoms with Crippen molar-refractivity contribution in [2.75, 3.05) is 0 Å². The lowest BCUT2D eigenvalue weighted by molar-refractivity contribution is -0.150. The molecule has 1 aromatic heterocycles. The summed E-state index contributed by atoms with van der Waals surface area (Å²) >= 11 is 1.45. The summed E-state index contributed by atoms with van der Waals surface area (Å²) in [5.74, 6) is -1.18. The van der Waals surface area contributed by atoms with Crippen LogP contribution in [0.3, 0.4) is 0 Å². The van der Waals surface area contributed by atoms with Crippen LogP contribution in [0.25, 0.3) is 0 Å². The molecular weight excluding hydrogens is 288 g/mol. The lowest BCUT2D eigenvalue weighted by atomic mass is 9.61. The highest BCUT2D eigenvalue weighted by Gasteiger charge is 2.46. The molecule has 21 heavy (non-hydrogen) atoms. The number of amides is 1. The fraction of sp³-hybridized carbons (Fsp3) is 0.667. The molecule has 1 saturated carbocycles. The Kier molecular flexibility index (Phi) is 4.37. The van der Waals surface area contributed by atoms with E-state index in [-0.39, 0.29) is 29.2 Å². The maximum Gasteiger partial charge on any atom is 0.307 e. The van der Waals surface area contributed by atoms with Gasteiger partial charge in [0.25, 0.3) is 5.91 Å². The second-order valence-corrected chi connectivity index (χ2v) is 7.47. The lowest BCUT2D eigenvalue weighted by Gasteiger charge is -2.46. The Bertz CT molecular complexity index is 553. The number of carbonyl (C=O) groups is 2. The molecule has 3 unspecified atom stereocenters. The predicted octanol–water partition coefficient (Wildman–Crippen LogP) is 2.71. The van der Waals surface area contributed by atoms with Gasteiger partial charge in [-0.3, -0.25) is 9.59 Å². The third-order valence-corrected chi connectivity index (χ3v) is 5.68. The van der Waals surface area contributed by atoms with Crippen LogP contribution in [0, 0.1) is 24.2 Å². The fourth-order valence-corrected chi connectivity index (χ4v) is 3.75. The molecule has 0 bridgehead atoms. The molecule has 116 valence electrons. The normalized spacial score (nSPS) is 28.1. The van der Waals surface area contributed by atoms with E-state index in [0.717, 1.165) is 5.01 Å². The molecule has 1 aliphatic carbocycles. The largest absolute Gasteiger partial charge is 0.481 e. The van der Waals surface area contributed by atoms with E-state index in [1.54, 1.807) is 5.38 Å². The Labute approximate surface area is 128 Å². The molecule has 1 aromatic rings. The highest BCUT2D eigenvalue weighted by Crippen LogP contribution is 2.45. The van der Waals surface area contributed by atoms with Gasteiger partial charge >= 0.3 is 5.97 Å². The van der Waals surface area contributed by atoms with Crippen LogP contribution in [-0.2, 0) is 4.79 Å². The molecule has 1 aliphatic rings. The molecule has 2 rings (SSSR count). The van der Waals surface area contributed by atoms with Gasteiger partial charge in [-0.25, -0.2) is 4.98 Å². The van der Waals surface area contributed by atoms with Gasteiger partial charge in [-0.2, -0.15) is 0 Å². The van der Waals surface area contributed by atoms with Crippen LogP contribution in [0.4, 0.5) is 0 Å². The van der Waals surface area contributed by atoms with Crippen LogP contribution in [0.5, 0.6) is 0 Å². The van der Waals surface area contributed by atoms with Gasteiger partial charge in [-0.15, -0.1) is 11.3 Å². The Morgan fingerprint density at radius 1 is 1.43 bits per heavy atom. The molecule has 5 nitrogen and oxygen atoms in total. The van der Waals surface area contributed by atoms with Crippen molar-refractivity contribution in [3.63, 3.8) is 0 Å². The molecule has 6 heteroatoms. The summed E-state index contributed by atoms with van der Waals surface area (Å²) in [5.41, 5.74) is 0.0999. The van der Waals surface area contributed by atoms with Gasteiger partial charge in [0, 0.05) is 11.4 Å². The van der Waals surface area contributed by atoms with E-state index < -0.39 is 5.97 Å². The number of hydrogen-bond donors (Lipinski definition) is 2. The highest BCUT2D eigenvalue weighted by atomic mass is 32.1. The number of hydrogen-bond acceptors (Lipinski definition) is 4. The first-order chi connectivity index (χ1) is 9.73. The number of rotatable bonds is 3. The van der Waals surface area contributed by atoms with Gasteiger partial charge in [-0.1, -0.05) is 20.8 Å². The van der Waals surface area contributed by atoms with E-state index in [0.29, 0.717) is 18.5 Å². The summed E-state index contributed by atoms with van der Waals surface area (Å²) in [6.07, 6.45) is 1.28. The molecule has 1 heterocycles. The molecule has 2 N–H and O–H groups in total. The number of thiazole rings is 1. The zero-order valence-electron chi connectivity index (χ0n) is 12.8. The Morgan fingerprint density at radius 3 is 2.62 bits per heavy atom. The first kappa shape index (κ1) is 15.9. The van der Waals surface area contributed by atoms with Crippen LogP contribution >= 0.6 is 11.3 Å². The Morgan fingerprint density at radius 2 is 2.10 bits per heavy atom. The Balaban J connectivity index is 2.09. The number of carbonyl (C=O) groups excluding carboxylic acids is 1. The maximum absolute atomic E-state index is 12.2. The van der Waals surface area contributed by atoms with Gasteiger partial charge < -0.3 is 10.4 Å². The van der Waals surface area contributed by atoms with Crippen LogP contribution in [0.2, 0.25) is 0 Å². The molecule has 1 fully saturated rings. The van der Waals surface area contributed by atoms with E-state index in [2.05, 4.69) is 10.3 Å². The molecular formula is C15H22N2O3S. The number of aryl methyl sites for hydroxylation is 1. The van der Waals surface area contributed by atoms with Crippen molar-refractivity contribution in [3.05, 3.63) is 16.1 Å². The van der Waals surface area contributed by atoms with Crippen molar-refractivity contribution in [3.8, 4) is 0 Å². The minimum absolute atomic E-state index is 0.00916. The molecule has 1 amide bonds. The van der Waals surface area contributed by atoms with E-state index in [4.69, 9.17) is 0 Å². The van der Waals surface area contributed by atoms with Crippen molar-refractivity contribution in [1.82, 2.24) is 10.3 Å². The molecule has 0 spiro atoms. The molecule has 0 radical (unpaired) electrons. The molecule has 0 aromatic carbocycles. The number of carboxylic acid groups (broad SMARTS) is 1. The maximum atomic E-state index is 12.2. The topological polar surface area (TPSA) is 79.3 Å². The fourth-order valence-electron chi connectivity index (χ4n) is 3.15. The first-order valence-electron chi connectivity index (χ1n) is 7.19. The first-order valence-corrected chi connectivity index (χ1v) is 8.07. The summed E-state index contributed by atoms with van der Waals surface area (Å²) in [5, 5.41) is 15.0. The zero-order chi connectivity index (χ0) is 15.8. The second-order valence-electron chi connectivity index (χ2n) is 6.41. The molecule has 0 aliphatic heterocycles. The second kappa shape index (κ2) is 5.75. The minimum Gasteiger partial charge on any atom is -0.481 e. The van der Waals surface area contributed by atoms with E-state index >= 15 is 0 Å². The van der Waals surface area contributed by atoms with E-state index in [9.17, 15) is 14.7 Å². The quantitative estimate of drug-likeness (QED) is 0.899. The van der Waals surface area contributed by atoms with Gasteiger partial charge in [0.05, 0.1) is 10.9 Å². The summed E-state index contributed by atoms with van der Waals surface area (Å²) in [4.78, 5) is 27.8. The average molecular weight is 310 g/mol. The smallest absolute Gasteiger partial charge is 0.307 e. The lowest BCUT2D eigenvalue weighted by Crippen LogP contribution is -2.52. The van der Waals surface area contributed by atoms with Crippen molar-refractivity contribution >= 4 is 23.2 Å². The van der Waals surface area contributed by atoms with E-state index in [1.165, 1.54) is 11.3 Å². The molecule has 3 atom stereocenters. The number of aromatic nitrogens is 1. The van der Waals surface area contributed by atoms with Crippen molar-refractivity contribution in [1.29, 1.82) is 0 Å². The van der Waals surface area contributed by atoms with Gasteiger partial charge in [0.2, 0.25) is 0 Å². The summed E-state index contributed by atoms with van der Waals surface area (Å²) in [6.45, 7) is 7.83. The minimum atomic E-state index is -0.744. The summed E-state index contributed by atoms with van der Waals surface area (Å²) < 4.78 is 0. The van der Waals surface area contributed by atoms with E-state index in [1.807, 2.05) is 27.7 Å². The zero-order valence-corrected chi connectivity index (χ0v) is 13.7. The van der Waals surface area contributed by atoms with Gasteiger partial charge in [0.1, 0.15) is 5.69 Å². The molecule has 0 saturated heterocycles. The average Bonchev–Trinajstić information content (AvgIpc) is 2.81. The van der Waals surface area contributed by atoms with Crippen LogP contribution in [0.15, 0.2) is 5.38 Å². The third-order valence-electron chi connectivity index (χ3n) is 4.91. The van der Waals surface area contributed by atoms with Crippen molar-refractivity contribution < 1.29 is 14.7 Å². The Hall–Kier alpha value is -1.43. The number of aliphatic carboxylic acids is 1. The van der Waals surface area contributed by atoms with Crippen LogP contribution in [0.1, 0.15) is 49.1 Å². The van der Waals surface area contributed by atoms with Crippen LogP contribution < -0.4 is 5.32 Å². The van der Waals surface area contributed by atoms with Crippen molar-refractivity contribution in [2.24, 2.45) is 17.3 Å². The summed E-state index contributed by atoms with van der Waals surface area (Å²) in [6, 6.07) is -0.00916. The number of carboxylic acids is 1. The van der Waals surface area contributed by atoms with Gasteiger partial charge in [0.15, 0.2) is 0 Å². The summed E-state index contributed by atoms with van der Waals surface area (Å²) in [7, 11) is 0. The van der Waals surface area contributed by atoms with Gasteiger partial charge in [-0.05, 0) is 31.1 Å². The number of nitrogens with one attached hydrogen (secondary N) is 1. The van der Waals surface area contributed by atoms with Crippen molar-refractivity contribution in [2.45, 2.75) is 46.6 Å². The third kappa shape index (κ3) is 3.10. The monoisotopic (exact) mass is 310 g/mol. The predicted molar refractivity (Wildman–Crippen MR) is 81.4 cm³/mol. The standard InChI is InChI=1S/C15H22N2O3S/c1-8-11(6-5-10(14(19)20)15(8,3)4)17-13(18)12-7-21-9(2)16-12/h7-8,10-11H,5-6H2,1-4H3,(H,17,18)(H,19,20).